The molecule has 0 bridgehead atoms. The van der Waals surface area contributed by atoms with E-state index in [2.05, 4.69) is 142 Å². The van der Waals surface area contributed by atoms with Gasteiger partial charge in [0.2, 0.25) is 0 Å². The summed E-state index contributed by atoms with van der Waals surface area (Å²) in [5.41, 5.74) is 0. The Labute approximate surface area is 469 Å². The molecule has 76 heavy (non-hydrogen) atoms. The average Bonchev–Trinajstić information content (AvgIpc) is 3.42. The molecule has 432 valence electrons. The van der Waals surface area contributed by atoms with Gasteiger partial charge in [-0.3, -0.25) is 14.4 Å². The van der Waals surface area contributed by atoms with E-state index >= 15 is 0 Å². The summed E-state index contributed by atoms with van der Waals surface area (Å²) in [5, 5.41) is 0. The van der Waals surface area contributed by atoms with Gasteiger partial charge < -0.3 is 14.2 Å². The summed E-state index contributed by atoms with van der Waals surface area (Å²) in [6, 6.07) is 0. The molecule has 0 fully saturated rings. The molecule has 6 nitrogen and oxygen atoms in total. The number of carbonyl (C=O) groups excluding carboxylic acids is 3. The Morgan fingerprint density at radius 2 is 0.513 bits per heavy atom. The van der Waals surface area contributed by atoms with E-state index in [0.717, 1.165) is 141 Å². The molecular weight excluding hydrogens is 937 g/mol. The van der Waals surface area contributed by atoms with Crippen molar-refractivity contribution >= 4 is 17.9 Å². The lowest BCUT2D eigenvalue weighted by atomic mass is 10.0. The van der Waals surface area contributed by atoms with Crippen LogP contribution in [0.1, 0.15) is 284 Å². The number of rotatable bonds is 56. The summed E-state index contributed by atoms with van der Waals surface area (Å²) in [5.74, 6) is -0.905. The molecule has 1 unspecified atom stereocenters. The first kappa shape index (κ1) is 71.8. The van der Waals surface area contributed by atoms with Crippen molar-refractivity contribution in [1.82, 2.24) is 0 Å². The maximum Gasteiger partial charge on any atom is 0.306 e. The molecule has 0 heterocycles. The largest absolute Gasteiger partial charge is 0.462 e. The van der Waals surface area contributed by atoms with Crippen molar-refractivity contribution in [2.75, 3.05) is 13.2 Å². The second kappa shape index (κ2) is 63.3. The van der Waals surface area contributed by atoms with Crippen molar-refractivity contribution in [3.05, 3.63) is 122 Å². The molecule has 0 saturated heterocycles. The van der Waals surface area contributed by atoms with Gasteiger partial charge in [0.25, 0.3) is 0 Å². The topological polar surface area (TPSA) is 78.9 Å². The van der Waals surface area contributed by atoms with Crippen molar-refractivity contribution < 1.29 is 28.6 Å². The Morgan fingerprint density at radius 1 is 0.276 bits per heavy atom. The number of esters is 3. The molecule has 0 aromatic rings. The van der Waals surface area contributed by atoms with E-state index in [1.165, 1.54) is 103 Å². The fraction of sp³-hybridized carbons (Fsp3) is 0.671. The van der Waals surface area contributed by atoms with E-state index in [1.807, 2.05) is 0 Å². The van der Waals surface area contributed by atoms with E-state index < -0.39 is 6.10 Å². The minimum Gasteiger partial charge on any atom is -0.462 e. The first-order valence-corrected chi connectivity index (χ1v) is 31.5. The van der Waals surface area contributed by atoms with E-state index in [-0.39, 0.29) is 31.1 Å². The highest BCUT2D eigenvalue weighted by Gasteiger charge is 2.19. The standard InChI is InChI=1S/C70H116O6/c1-4-7-10-13-16-19-22-24-26-28-30-32-34-35-37-38-40-42-44-46-48-51-54-57-60-63-69(72)75-66-67(65-74-68(71)62-59-56-53-50-21-18-15-12-9-6-3)76-70(73)64-61-58-55-52-49-47-45-43-41-39-36-33-31-29-27-25-23-20-17-14-11-8-5-2/h7-8,10-12,15-17,19-20,24-27,30-33,35,37,67H,4-6,9,13-14,18,21-23,28-29,34,36,38-66H2,1-3H3/b10-7-,11-8-,15-12-,19-16-,20-17-,26-24-,27-25-,32-30-,33-31-,37-35-. The van der Waals surface area contributed by atoms with Crippen LogP contribution in [0.2, 0.25) is 0 Å². The lowest BCUT2D eigenvalue weighted by molar-refractivity contribution is -0.167. The van der Waals surface area contributed by atoms with Crippen molar-refractivity contribution in [2.24, 2.45) is 0 Å². The molecule has 0 aliphatic heterocycles. The van der Waals surface area contributed by atoms with Gasteiger partial charge in [0, 0.05) is 19.3 Å². The number of hydrogen-bond donors (Lipinski definition) is 0. The van der Waals surface area contributed by atoms with Gasteiger partial charge in [-0.2, -0.15) is 0 Å². The summed E-state index contributed by atoms with van der Waals surface area (Å²) in [7, 11) is 0. The molecule has 0 aliphatic rings. The summed E-state index contributed by atoms with van der Waals surface area (Å²) in [4.78, 5) is 38.2. The third kappa shape index (κ3) is 60.7. The van der Waals surface area contributed by atoms with Gasteiger partial charge in [-0.1, -0.05) is 264 Å². The highest BCUT2D eigenvalue weighted by atomic mass is 16.6. The SMILES string of the molecule is CC/C=C\C/C=C\C/C=C\C/C=C\C/C=C\CCCCCCCCCCCC(=O)OCC(COC(=O)CCCCCCC/C=C\CCC)OC(=O)CCCCCCCCCCCC/C=C\C/C=C\C/C=C\C/C=C\CC. The predicted molar refractivity (Wildman–Crippen MR) is 330 cm³/mol. The minimum atomic E-state index is -0.790. The van der Waals surface area contributed by atoms with Crippen molar-refractivity contribution in [1.29, 1.82) is 0 Å². The zero-order valence-electron chi connectivity index (χ0n) is 49.5. The minimum absolute atomic E-state index is 0.0872. The fourth-order valence-electron chi connectivity index (χ4n) is 8.52. The predicted octanol–water partition coefficient (Wildman–Crippen LogP) is 21.6. The monoisotopic (exact) mass is 1050 g/mol. The van der Waals surface area contributed by atoms with E-state index in [9.17, 15) is 14.4 Å². The molecule has 1 atom stereocenters. The van der Waals surface area contributed by atoms with Crippen LogP contribution >= 0.6 is 0 Å². The molecule has 0 aromatic carbocycles. The van der Waals surface area contributed by atoms with Crippen LogP contribution < -0.4 is 0 Å². The second-order valence-corrected chi connectivity index (χ2v) is 20.5. The Morgan fingerprint density at radius 3 is 0.816 bits per heavy atom. The van der Waals surface area contributed by atoms with Gasteiger partial charge in [-0.05, 0) is 122 Å². The van der Waals surface area contributed by atoms with Crippen LogP contribution in [0.5, 0.6) is 0 Å². The van der Waals surface area contributed by atoms with Crippen LogP contribution in [0, 0.1) is 0 Å². The van der Waals surface area contributed by atoms with Crippen molar-refractivity contribution in [3.8, 4) is 0 Å². The normalized spacial score (nSPS) is 12.9. The average molecular weight is 1050 g/mol. The van der Waals surface area contributed by atoms with Crippen molar-refractivity contribution in [2.45, 2.75) is 290 Å². The van der Waals surface area contributed by atoms with Gasteiger partial charge in [-0.25, -0.2) is 0 Å². The van der Waals surface area contributed by atoms with Crippen molar-refractivity contribution in [3.63, 3.8) is 0 Å². The van der Waals surface area contributed by atoms with E-state index in [4.69, 9.17) is 14.2 Å². The first-order chi connectivity index (χ1) is 37.5. The third-order valence-corrected chi connectivity index (χ3v) is 13.2. The molecule has 0 rings (SSSR count). The highest BCUT2D eigenvalue weighted by Crippen LogP contribution is 2.16. The number of carbonyl (C=O) groups is 3. The van der Waals surface area contributed by atoms with Gasteiger partial charge in [-0.15, -0.1) is 0 Å². The van der Waals surface area contributed by atoms with Gasteiger partial charge in [0.1, 0.15) is 13.2 Å². The summed E-state index contributed by atoms with van der Waals surface area (Å²) < 4.78 is 16.9. The summed E-state index contributed by atoms with van der Waals surface area (Å²) in [6.45, 7) is 6.35. The van der Waals surface area contributed by atoms with Gasteiger partial charge >= 0.3 is 17.9 Å². The summed E-state index contributed by atoms with van der Waals surface area (Å²) in [6.07, 6.45) is 87.8. The molecule has 0 amide bonds. The van der Waals surface area contributed by atoms with Crippen LogP contribution in [0.4, 0.5) is 0 Å². The maximum absolute atomic E-state index is 12.9. The van der Waals surface area contributed by atoms with Crippen LogP contribution in [0.15, 0.2) is 122 Å². The zero-order valence-corrected chi connectivity index (χ0v) is 49.5. The Kier molecular flexibility index (Phi) is 59.9. The number of ether oxygens (including phenoxy) is 3. The quantitative estimate of drug-likeness (QED) is 0.0261. The number of allylic oxidation sites excluding steroid dienone is 20. The molecule has 6 heteroatoms. The summed E-state index contributed by atoms with van der Waals surface area (Å²) >= 11 is 0. The smallest absolute Gasteiger partial charge is 0.306 e. The Bertz CT molecular complexity index is 1590. The van der Waals surface area contributed by atoms with E-state index in [0.29, 0.717) is 19.3 Å². The van der Waals surface area contributed by atoms with Crippen LogP contribution in [0.25, 0.3) is 0 Å². The van der Waals surface area contributed by atoms with Crippen LogP contribution in [0.3, 0.4) is 0 Å². The van der Waals surface area contributed by atoms with Crippen LogP contribution in [-0.2, 0) is 28.6 Å². The lowest BCUT2D eigenvalue weighted by Crippen LogP contribution is -2.30. The third-order valence-electron chi connectivity index (χ3n) is 13.2. The van der Waals surface area contributed by atoms with Crippen LogP contribution in [-0.4, -0.2) is 37.2 Å². The molecule has 0 aliphatic carbocycles. The Balaban J connectivity index is 4.29. The van der Waals surface area contributed by atoms with Gasteiger partial charge in [0.15, 0.2) is 6.10 Å². The molecule has 0 spiro atoms. The molecule has 0 radical (unpaired) electrons. The molecule has 0 saturated carbocycles. The molecular formula is C70H116O6. The number of unbranched alkanes of at least 4 members (excludes halogenated alkanes) is 25. The first-order valence-electron chi connectivity index (χ1n) is 31.5. The molecule has 0 aromatic heterocycles. The van der Waals surface area contributed by atoms with Gasteiger partial charge in [0.05, 0.1) is 0 Å². The fourth-order valence-corrected chi connectivity index (χ4v) is 8.52. The highest BCUT2D eigenvalue weighted by molar-refractivity contribution is 5.71. The second-order valence-electron chi connectivity index (χ2n) is 20.5. The molecule has 0 N–H and O–H groups in total. The Hall–Kier alpha value is -4.19. The maximum atomic E-state index is 12.9. The lowest BCUT2D eigenvalue weighted by Gasteiger charge is -2.18. The van der Waals surface area contributed by atoms with E-state index in [1.54, 1.807) is 0 Å². The number of hydrogen-bond acceptors (Lipinski definition) is 6. The zero-order chi connectivity index (χ0) is 55.0.